The van der Waals surface area contributed by atoms with Crippen molar-refractivity contribution in [3.05, 3.63) is 34.5 Å². The van der Waals surface area contributed by atoms with E-state index in [1.807, 2.05) is 6.92 Å². The summed E-state index contributed by atoms with van der Waals surface area (Å²) in [6.45, 7) is 12.3. The van der Waals surface area contributed by atoms with Gasteiger partial charge in [-0.2, -0.15) is 0 Å². The highest BCUT2D eigenvalue weighted by Crippen LogP contribution is 2.30. The number of carbonyl (C=O) groups is 1. The Kier molecular flexibility index (Phi) is 4.92. The number of aryl methyl sites for hydroxylation is 2. The molecule has 0 spiro atoms. The summed E-state index contributed by atoms with van der Waals surface area (Å²) in [6, 6.07) is 3.93. The van der Waals surface area contributed by atoms with Gasteiger partial charge >= 0.3 is 5.97 Å². The molecule has 3 rings (SSSR count). The van der Waals surface area contributed by atoms with Crippen molar-refractivity contribution in [2.24, 2.45) is 0 Å². The molecule has 2 heterocycles. The van der Waals surface area contributed by atoms with E-state index in [-0.39, 0.29) is 0 Å². The third kappa shape index (κ3) is 3.06. The Balaban J connectivity index is 2.03. The number of fused-ring (bicyclic) bond motifs is 1. The fraction of sp³-hybridized carbons (Fsp3) is 0.526. The minimum atomic E-state index is -0.843. The quantitative estimate of drug-likeness (QED) is 0.884. The minimum absolute atomic E-state index is 0.420. The number of benzene rings is 1. The molecule has 0 unspecified atom stereocenters. The van der Waals surface area contributed by atoms with Crippen LogP contribution in [0.25, 0.3) is 10.9 Å². The second-order valence-corrected chi connectivity index (χ2v) is 6.66. The molecule has 24 heavy (non-hydrogen) atoms. The number of aromatic nitrogens is 1. The second-order valence-electron chi connectivity index (χ2n) is 6.66. The van der Waals surface area contributed by atoms with E-state index in [1.165, 1.54) is 11.3 Å². The zero-order chi connectivity index (χ0) is 17.3. The Hall–Kier alpha value is -1.85. The number of hydrogen-bond acceptors (Lipinski definition) is 3. The number of piperazine rings is 1. The summed E-state index contributed by atoms with van der Waals surface area (Å²) in [7, 11) is 0. The Bertz CT molecular complexity index is 758. The van der Waals surface area contributed by atoms with E-state index in [4.69, 9.17) is 0 Å². The van der Waals surface area contributed by atoms with Crippen LogP contribution in [0.2, 0.25) is 0 Å². The van der Waals surface area contributed by atoms with E-state index < -0.39 is 5.97 Å². The van der Waals surface area contributed by atoms with Crippen LogP contribution in [0.3, 0.4) is 0 Å². The van der Waals surface area contributed by atoms with Crippen LogP contribution >= 0.6 is 0 Å². The molecule has 2 aromatic rings. The molecule has 5 nitrogen and oxygen atoms in total. The van der Waals surface area contributed by atoms with Crippen LogP contribution in [0.5, 0.6) is 0 Å². The standard InChI is InChI=1S/C19H27N3O2/c1-4-22-14(3)15(5-8-21-9-6-20-7-10-21)16-11-13(2)12-17(18(16)22)19(23)24/h11-12,20H,4-10H2,1-3H3,(H,23,24). The lowest BCUT2D eigenvalue weighted by atomic mass is 10.0. The molecule has 1 aliphatic heterocycles. The fourth-order valence-corrected chi connectivity index (χ4v) is 3.90. The SMILES string of the molecule is CCn1c(C)c(CCN2CCNCC2)c2cc(C)cc(C(=O)O)c21. The van der Waals surface area contributed by atoms with Crippen LogP contribution in [-0.2, 0) is 13.0 Å². The van der Waals surface area contributed by atoms with Gasteiger partial charge in [0.1, 0.15) is 0 Å². The maximum atomic E-state index is 11.7. The average molecular weight is 329 g/mol. The minimum Gasteiger partial charge on any atom is -0.478 e. The first kappa shape index (κ1) is 17.0. The number of carboxylic acids is 1. The molecule has 1 aliphatic rings. The Morgan fingerprint density at radius 3 is 2.58 bits per heavy atom. The Labute approximate surface area is 143 Å². The van der Waals surface area contributed by atoms with E-state index in [0.29, 0.717) is 5.56 Å². The Morgan fingerprint density at radius 2 is 1.96 bits per heavy atom. The van der Waals surface area contributed by atoms with Crippen molar-refractivity contribution in [2.45, 2.75) is 33.7 Å². The topological polar surface area (TPSA) is 57.5 Å². The molecule has 0 atom stereocenters. The fourth-order valence-electron chi connectivity index (χ4n) is 3.90. The highest BCUT2D eigenvalue weighted by molar-refractivity contribution is 6.04. The lowest BCUT2D eigenvalue weighted by Gasteiger charge is -2.27. The summed E-state index contributed by atoms with van der Waals surface area (Å²) in [5, 5.41) is 14.1. The summed E-state index contributed by atoms with van der Waals surface area (Å²) in [5.74, 6) is -0.843. The molecule has 1 saturated heterocycles. The van der Waals surface area contributed by atoms with Crippen LogP contribution in [0.15, 0.2) is 12.1 Å². The van der Waals surface area contributed by atoms with E-state index in [2.05, 4.69) is 34.7 Å². The molecule has 0 bridgehead atoms. The first-order valence-corrected chi connectivity index (χ1v) is 8.81. The summed E-state index contributed by atoms with van der Waals surface area (Å²) < 4.78 is 2.16. The molecular weight excluding hydrogens is 302 g/mol. The molecule has 0 amide bonds. The van der Waals surface area contributed by atoms with Gasteiger partial charge in [-0.3, -0.25) is 0 Å². The van der Waals surface area contributed by atoms with E-state index in [0.717, 1.165) is 62.2 Å². The Morgan fingerprint density at radius 1 is 1.25 bits per heavy atom. The zero-order valence-corrected chi connectivity index (χ0v) is 14.9. The molecule has 5 heteroatoms. The number of nitrogens with one attached hydrogen (secondary N) is 1. The number of hydrogen-bond donors (Lipinski definition) is 2. The lowest BCUT2D eigenvalue weighted by molar-refractivity contribution is 0.0698. The van der Waals surface area contributed by atoms with Crippen LogP contribution < -0.4 is 5.32 Å². The smallest absolute Gasteiger partial charge is 0.337 e. The van der Waals surface area contributed by atoms with Crippen LogP contribution in [-0.4, -0.2) is 53.3 Å². The summed E-state index contributed by atoms with van der Waals surface area (Å²) >= 11 is 0. The van der Waals surface area contributed by atoms with Crippen LogP contribution in [0.4, 0.5) is 0 Å². The third-order valence-electron chi connectivity index (χ3n) is 5.13. The largest absolute Gasteiger partial charge is 0.478 e. The van der Waals surface area contributed by atoms with E-state index >= 15 is 0 Å². The van der Waals surface area contributed by atoms with Gasteiger partial charge in [0.25, 0.3) is 0 Å². The van der Waals surface area contributed by atoms with Gasteiger partial charge in [-0.25, -0.2) is 4.79 Å². The monoisotopic (exact) mass is 329 g/mol. The normalized spacial score (nSPS) is 16.0. The van der Waals surface area contributed by atoms with Gasteiger partial charge < -0.3 is 19.9 Å². The summed E-state index contributed by atoms with van der Waals surface area (Å²) in [4.78, 5) is 14.2. The van der Waals surface area contributed by atoms with Crippen molar-refractivity contribution < 1.29 is 9.90 Å². The molecule has 0 radical (unpaired) electrons. The lowest BCUT2D eigenvalue weighted by Crippen LogP contribution is -2.44. The molecule has 1 fully saturated rings. The summed E-state index contributed by atoms with van der Waals surface area (Å²) in [6.07, 6.45) is 0.970. The second kappa shape index (κ2) is 6.95. The zero-order valence-electron chi connectivity index (χ0n) is 14.9. The predicted octanol–water partition coefficient (Wildman–Crippen LogP) is 2.42. The summed E-state index contributed by atoms with van der Waals surface area (Å²) in [5.41, 5.74) is 4.82. The van der Waals surface area contributed by atoms with Gasteiger partial charge in [-0.1, -0.05) is 0 Å². The van der Waals surface area contributed by atoms with E-state index in [9.17, 15) is 9.90 Å². The molecule has 130 valence electrons. The molecule has 1 aromatic carbocycles. The van der Waals surface area contributed by atoms with Gasteiger partial charge in [0.15, 0.2) is 0 Å². The molecule has 0 saturated carbocycles. The van der Waals surface area contributed by atoms with Gasteiger partial charge in [0.2, 0.25) is 0 Å². The number of carboxylic acid groups (broad SMARTS) is 1. The molecule has 2 N–H and O–H groups in total. The van der Waals surface area contributed by atoms with E-state index in [1.54, 1.807) is 6.07 Å². The van der Waals surface area contributed by atoms with Gasteiger partial charge in [-0.05, 0) is 50.5 Å². The van der Waals surface area contributed by atoms with Crippen molar-refractivity contribution in [1.82, 2.24) is 14.8 Å². The van der Waals surface area contributed by atoms with Crippen molar-refractivity contribution in [2.75, 3.05) is 32.7 Å². The van der Waals surface area contributed by atoms with Gasteiger partial charge in [-0.15, -0.1) is 0 Å². The number of nitrogens with zero attached hydrogens (tertiary/aromatic N) is 2. The van der Waals surface area contributed by atoms with Crippen molar-refractivity contribution >= 4 is 16.9 Å². The maximum Gasteiger partial charge on any atom is 0.337 e. The highest BCUT2D eigenvalue weighted by Gasteiger charge is 2.20. The number of aromatic carboxylic acids is 1. The number of rotatable bonds is 5. The molecular formula is C19H27N3O2. The molecule has 0 aliphatic carbocycles. The first-order valence-electron chi connectivity index (χ1n) is 8.81. The predicted molar refractivity (Wildman–Crippen MR) is 97.1 cm³/mol. The van der Waals surface area contributed by atoms with Crippen molar-refractivity contribution in [1.29, 1.82) is 0 Å². The van der Waals surface area contributed by atoms with Crippen LogP contribution in [0.1, 0.15) is 34.1 Å². The van der Waals surface area contributed by atoms with Crippen LogP contribution in [0, 0.1) is 13.8 Å². The van der Waals surface area contributed by atoms with Gasteiger partial charge in [0, 0.05) is 50.3 Å². The van der Waals surface area contributed by atoms with Crippen molar-refractivity contribution in [3.63, 3.8) is 0 Å². The average Bonchev–Trinajstić information content (AvgIpc) is 2.83. The first-order chi connectivity index (χ1) is 11.5. The highest BCUT2D eigenvalue weighted by atomic mass is 16.4. The third-order valence-corrected chi connectivity index (χ3v) is 5.13. The molecule has 1 aromatic heterocycles. The van der Waals surface area contributed by atoms with Gasteiger partial charge in [0.05, 0.1) is 11.1 Å². The maximum absolute atomic E-state index is 11.7. The van der Waals surface area contributed by atoms with Crippen molar-refractivity contribution in [3.8, 4) is 0 Å².